The fourth-order valence-corrected chi connectivity index (χ4v) is 4.60. The number of carboxylic acid groups (broad SMARTS) is 1. The van der Waals surface area contributed by atoms with E-state index in [9.17, 15) is 19.1 Å². The first-order valence-electron chi connectivity index (χ1n) is 11.4. The third kappa shape index (κ3) is 5.13. The highest BCUT2D eigenvalue weighted by Gasteiger charge is 2.49. The zero-order chi connectivity index (χ0) is 25.2. The Balaban J connectivity index is 1.47. The van der Waals surface area contributed by atoms with E-state index >= 15 is 0 Å². The maximum Gasteiger partial charge on any atom is 0.408 e. The van der Waals surface area contributed by atoms with E-state index in [0.717, 1.165) is 18.2 Å². The molecule has 1 aliphatic rings. The summed E-state index contributed by atoms with van der Waals surface area (Å²) < 4.78 is 13.5. The van der Waals surface area contributed by atoms with Gasteiger partial charge in [-0.1, -0.05) is 12.1 Å². The highest BCUT2D eigenvalue weighted by Crippen LogP contribution is 2.41. The molecule has 0 unspecified atom stereocenters. The van der Waals surface area contributed by atoms with Crippen molar-refractivity contribution >= 4 is 12.0 Å². The minimum Gasteiger partial charge on any atom is -0.465 e. The summed E-state index contributed by atoms with van der Waals surface area (Å²) >= 11 is 0. The molecule has 8 nitrogen and oxygen atoms in total. The molecular weight excluding hydrogens is 449 g/mol. The predicted molar refractivity (Wildman–Crippen MR) is 129 cm³/mol. The summed E-state index contributed by atoms with van der Waals surface area (Å²) in [6.45, 7) is 5.85. The van der Waals surface area contributed by atoms with Crippen molar-refractivity contribution in [1.29, 1.82) is 0 Å². The molecule has 2 N–H and O–H groups in total. The summed E-state index contributed by atoms with van der Waals surface area (Å²) in [5, 5.41) is 12.7. The van der Waals surface area contributed by atoms with Crippen molar-refractivity contribution < 1.29 is 19.1 Å². The minimum atomic E-state index is -0.979. The highest BCUT2D eigenvalue weighted by molar-refractivity contribution is 5.94. The standard InChI is InChI=1S/C26H28FN5O3/c1-25(2,3)32(24(34)35)26(9-4-10-26)16-30-23(33)18-7-5-17(6-8-18)21-14-29-15-22(31-21)19-11-20(27)13-28-12-19/h5-8,11-15H,4,9-10,16H2,1-3H3,(H,30,33)(H,34,35). The van der Waals surface area contributed by atoms with Crippen LogP contribution in [0, 0.1) is 5.82 Å². The topological polar surface area (TPSA) is 108 Å². The molecule has 1 aromatic carbocycles. The molecule has 0 bridgehead atoms. The molecule has 0 aliphatic heterocycles. The third-order valence-corrected chi connectivity index (χ3v) is 6.28. The molecule has 2 amide bonds. The van der Waals surface area contributed by atoms with Gasteiger partial charge in [-0.15, -0.1) is 0 Å². The summed E-state index contributed by atoms with van der Waals surface area (Å²) in [4.78, 5) is 38.9. The normalized spacial score (nSPS) is 14.6. The Kier molecular flexibility index (Phi) is 6.51. The van der Waals surface area contributed by atoms with Gasteiger partial charge in [-0.2, -0.15) is 0 Å². The van der Waals surface area contributed by atoms with Crippen LogP contribution in [0.25, 0.3) is 22.5 Å². The van der Waals surface area contributed by atoms with E-state index in [4.69, 9.17) is 0 Å². The molecule has 1 fully saturated rings. The predicted octanol–water partition coefficient (Wildman–Crippen LogP) is 4.78. The lowest BCUT2D eigenvalue weighted by Gasteiger charge is -2.54. The lowest BCUT2D eigenvalue weighted by atomic mass is 9.73. The Bertz CT molecular complexity index is 1240. The van der Waals surface area contributed by atoms with Gasteiger partial charge in [-0.05, 0) is 58.2 Å². The maximum atomic E-state index is 13.5. The molecule has 9 heteroatoms. The van der Waals surface area contributed by atoms with Gasteiger partial charge in [0.15, 0.2) is 0 Å². The van der Waals surface area contributed by atoms with Gasteiger partial charge in [0.1, 0.15) is 5.82 Å². The summed E-state index contributed by atoms with van der Waals surface area (Å²) in [5.41, 5.74) is 1.63. The molecule has 1 aliphatic carbocycles. The van der Waals surface area contributed by atoms with Crippen molar-refractivity contribution in [3.05, 3.63) is 66.5 Å². The number of carbonyl (C=O) groups is 2. The van der Waals surface area contributed by atoms with E-state index < -0.39 is 23.0 Å². The van der Waals surface area contributed by atoms with Gasteiger partial charge in [0.05, 0.1) is 35.5 Å². The van der Waals surface area contributed by atoms with Gasteiger partial charge >= 0.3 is 6.09 Å². The Morgan fingerprint density at radius 1 is 1.03 bits per heavy atom. The average molecular weight is 478 g/mol. The van der Waals surface area contributed by atoms with Crippen LogP contribution in [0.15, 0.2) is 55.1 Å². The van der Waals surface area contributed by atoms with E-state index in [-0.39, 0.29) is 12.5 Å². The van der Waals surface area contributed by atoms with Gasteiger partial charge in [0.2, 0.25) is 0 Å². The van der Waals surface area contributed by atoms with Crippen LogP contribution in [0.1, 0.15) is 50.4 Å². The number of amides is 2. The second-order valence-corrected chi connectivity index (χ2v) is 9.81. The van der Waals surface area contributed by atoms with E-state index in [1.165, 1.54) is 23.4 Å². The summed E-state index contributed by atoms with van der Waals surface area (Å²) in [6, 6.07) is 8.26. The first kappa shape index (κ1) is 24.3. The molecule has 2 aromatic heterocycles. The van der Waals surface area contributed by atoms with Crippen LogP contribution < -0.4 is 5.32 Å². The number of pyridine rings is 1. The van der Waals surface area contributed by atoms with Gasteiger partial charge in [0, 0.05) is 35.0 Å². The van der Waals surface area contributed by atoms with Crippen molar-refractivity contribution in [3.8, 4) is 22.5 Å². The number of hydrogen-bond acceptors (Lipinski definition) is 5. The minimum absolute atomic E-state index is 0.256. The van der Waals surface area contributed by atoms with E-state index in [0.29, 0.717) is 35.4 Å². The second kappa shape index (κ2) is 9.40. The van der Waals surface area contributed by atoms with E-state index in [2.05, 4.69) is 20.3 Å². The lowest BCUT2D eigenvalue weighted by molar-refractivity contribution is -0.0272. The van der Waals surface area contributed by atoms with Crippen LogP contribution in [0.4, 0.5) is 9.18 Å². The average Bonchev–Trinajstić information content (AvgIpc) is 2.79. The van der Waals surface area contributed by atoms with Gasteiger partial charge in [-0.25, -0.2) is 14.2 Å². The number of carbonyl (C=O) groups excluding carboxylic acids is 1. The first-order valence-corrected chi connectivity index (χ1v) is 11.4. The summed E-state index contributed by atoms with van der Waals surface area (Å²) in [5.74, 6) is -0.726. The van der Waals surface area contributed by atoms with Crippen LogP contribution in [-0.4, -0.2) is 54.6 Å². The molecule has 4 rings (SSSR count). The summed E-state index contributed by atoms with van der Waals surface area (Å²) in [6.07, 6.45) is 7.15. The number of rotatable bonds is 6. The van der Waals surface area contributed by atoms with Crippen LogP contribution in [0.5, 0.6) is 0 Å². The number of benzene rings is 1. The van der Waals surface area contributed by atoms with Crippen LogP contribution in [0.3, 0.4) is 0 Å². The second-order valence-electron chi connectivity index (χ2n) is 9.81. The lowest BCUT2D eigenvalue weighted by Crippen LogP contribution is -2.66. The number of hydrogen-bond donors (Lipinski definition) is 2. The molecule has 0 saturated heterocycles. The van der Waals surface area contributed by atoms with Crippen LogP contribution >= 0.6 is 0 Å². The first-order chi connectivity index (χ1) is 16.6. The summed E-state index contributed by atoms with van der Waals surface area (Å²) in [7, 11) is 0. The monoisotopic (exact) mass is 477 g/mol. The molecule has 2 heterocycles. The maximum absolute atomic E-state index is 13.5. The molecule has 182 valence electrons. The number of nitrogens with one attached hydrogen (secondary N) is 1. The largest absolute Gasteiger partial charge is 0.465 e. The smallest absolute Gasteiger partial charge is 0.408 e. The van der Waals surface area contributed by atoms with Crippen molar-refractivity contribution in [2.75, 3.05) is 6.54 Å². The Morgan fingerprint density at radius 2 is 1.66 bits per heavy atom. The van der Waals surface area contributed by atoms with Crippen LogP contribution in [-0.2, 0) is 0 Å². The molecule has 0 spiro atoms. The molecule has 0 radical (unpaired) electrons. The molecule has 3 aromatic rings. The fraction of sp³-hybridized carbons (Fsp3) is 0.346. The van der Waals surface area contributed by atoms with Crippen LogP contribution in [0.2, 0.25) is 0 Å². The Labute approximate surface area is 203 Å². The zero-order valence-corrected chi connectivity index (χ0v) is 20.0. The Hall–Kier alpha value is -3.88. The third-order valence-electron chi connectivity index (χ3n) is 6.28. The quantitative estimate of drug-likeness (QED) is 0.529. The van der Waals surface area contributed by atoms with Gasteiger partial charge in [-0.3, -0.25) is 19.7 Å². The van der Waals surface area contributed by atoms with Gasteiger partial charge < -0.3 is 10.4 Å². The van der Waals surface area contributed by atoms with E-state index in [1.807, 2.05) is 20.8 Å². The van der Waals surface area contributed by atoms with Gasteiger partial charge in [0.25, 0.3) is 5.91 Å². The fourth-order valence-electron chi connectivity index (χ4n) is 4.60. The number of halogens is 1. The van der Waals surface area contributed by atoms with E-state index in [1.54, 1.807) is 30.5 Å². The van der Waals surface area contributed by atoms with Crippen molar-refractivity contribution in [2.45, 2.75) is 51.1 Å². The number of aromatic nitrogens is 3. The zero-order valence-electron chi connectivity index (χ0n) is 20.0. The molecule has 35 heavy (non-hydrogen) atoms. The van der Waals surface area contributed by atoms with Crippen molar-refractivity contribution in [3.63, 3.8) is 0 Å². The molecule has 0 atom stereocenters. The van der Waals surface area contributed by atoms with Crippen molar-refractivity contribution in [2.24, 2.45) is 0 Å². The molecule has 1 saturated carbocycles. The highest BCUT2D eigenvalue weighted by atomic mass is 19.1. The number of nitrogens with zero attached hydrogens (tertiary/aromatic N) is 4. The Morgan fingerprint density at radius 3 is 2.20 bits per heavy atom. The van der Waals surface area contributed by atoms with Crippen molar-refractivity contribution in [1.82, 2.24) is 25.2 Å². The SMILES string of the molecule is CC(C)(C)N(C(=O)O)C1(CNC(=O)c2ccc(-c3cncc(-c4cncc(F)c4)n3)cc2)CCC1. The molecular formula is C26H28FN5O3.